The molecule has 0 spiro atoms. The SMILES string of the molecule is CCCC[Si](CCCC)C1C=CC=C1. The third kappa shape index (κ3) is 3.83. The van der Waals surface area contributed by atoms with Crippen molar-refractivity contribution in [2.75, 3.05) is 0 Å². The molecule has 0 atom stereocenters. The maximum Gasteiger partial charge on any atom is 0.0605 e. The average Bonchev–Trinajstić information content (AvgIpc) is 2.71. The second kappa shape index (κ2) is 7.05. The summed E-state index contributed by atoms with van der Waals surface area (Å²) in [5, 5.41) is 0. The Balaban J connectivity index is 2.35. The van der Waals surface area contributed by atoms with Gasteiger partial charge in [0.1, 0.15) is 0 Å². The Kier molecular flexibility index (Phi) is 5.93. The highest BCUT2D eigenvalue weighted by molar-refractivity contribution is 6.61. The van der Waals surface area contributed by atoms with Gasteiger partial charge in [-0.3, -0.25) is 0 Å². The lowest BCUT2D eigenvalue weighted by Gasteiger charge is -2.18. The Morgan fingerprint density at radius 3 is 1.86 bits per heavy atom. The second-order valence-electron chi connectivity index (χ2n) is 4.16. The van der Waals surface area contributed by atoms with Crippen LogP contribution in [0.4, 0.5) is 0 Å². The van der Waals surface area contributed by atoms with Crippen molar-refractivity contribution in [1.82, 2.24) is 0 Å². The lowest BCUT2D eigenvalue weighted by atomic mass is 10.4. The summed E-state index contributed by atoms with van der Waals surface area (Å²) in [6.07, 6.45) is 14.9. The maximum absolute atomic E-state index is 2.42. The molecule has 0 aromatic rings. The van der Waals surface area contributed by atoms with E-state index in [0.717, 1.165) is 5.54 Å². The van der Waals surface area contributed by atoms with Gasteiger partial charge in [-0.2, -0.15) is 0 Å². The summed E-state index contributed by atoms with van der Waals surface area (Å²) >= 11 is 0. The van der Waals surface area contributed by atoms with E-state index in [1.54, 1.807) is 0 Å². The molecule has 0 nitrogen and oxygen atoms in total. The molecule has 0 amide bonds. The Hall–Kier alpha value is -0.303. The molecule has 1 heteroatoms. The summed E-state index contributed by atoms with van der Waals surface area (Å²) < 4.78 is 0. The van der Waals surface area contributed by atoms with E-state index in [9.17, 15) is 0 Å². The minimum Gasteiger partial charge on any atom is -0.0806 e. The lowest BCUT2D eigenvalue weighted by molar-refractivity contribution is 0.834. The van der Waals surface area contributed by atoms with E-state index < -0.39 is 0 Å². The van der Waals surface area contributed by atoms with Gasteiger partial charge in [0.25, 0.3) is 0 Å². The number of hydrogen-bond acceptors (Lipinski definition) is 0. The van der Waals surface area contributed by atoms with Crippen molar-refractivity contribution < 1.29 is 0 Å². The van der Waals surface area contributed by atoms with Crippen molar-refractivity contribution in [1.29, 1.82) is 0 Å². The first-order chi connectivity index (χ1) is 6.88. The number of allylic oxidation sites excluding steroid dienone is 4. The van der Waals surface area contributed by atoms with E-state index in [-0.39, 0.29) is 8.80 Å². The molecule has 0 heterocycles. The smallest absolute Gasteiger partial charge is 0.0605 e. The van der Waals surface area contributed by atoms with E-state index in [0.29, 0.717) is 0 Å². The monoisotopic (exact) mass is 207 g/mol. The van der Waals surface area contributed by atoms with Crippen molar-refractivity contribution in [2.24, 2.45) is 0 Å². The van der Waals surface area contributed by atoms with Crippen LogP contribution in [0.1, 0.15) is 39.5 Å². The van der Waals surface area contributed by atoms with Gasteiger partial charge < -0.3 is 0 Å². The van der Waals surface area contributed by atoms with Crippen molar-refractivity contribution in [3.63, 3.8) is 0 Å². The zero-order valence-corrected chi connectivity index (χ0v) is 10.6. The van der Waals surface area contributed by atoms with Crippen LogP contribution in [-0.4, -0.2) is 8.80 Å². The van der Waals surface area contributed by atoms with Crippen LogP contribution in [0.2, 0.25) is 17.6 Å². The van der Waals surface area contributed by atoms with Crippen LogP contribution in [-0.2, 0) is 0 Å². The first-order valence-corrected chi connectivity index (χ1v) is 8.07. The van der Waals surface area contributed by atoms with Gasteiger partial charge >= 0.3 is 0 Å². The highest BCUT2D eigenvalue weighted by Crippen LogP contribution is 2.27. The zero-order chi connectivity index (χ0) is 10.2. The summed E-state index contributed by atoms with van der Waals surface area (Å²) in [6, 6.07) is 3.03. The topological polar surface area (TPSA) is 0 Å². The fraction of sp³-hybridized carbons (Fsp3) is 0.692. The fourth-order valence-corrected chi connectivity index (χ4v) is 5.27. The fourth-order valence-electron chi connectivity index (χ4n) is 1.97. The largest absolute Gasteiger partial charge is 0.0806 e. The minimum absolute atomic E-state index is 0.121. The van der Waals surface area contributed by atoms with Crippen molar-refractivity contribution in [2.45, 2.75) is 57.2 Å². The molecule has 0 N–H and O–H groups in total. The molecule has 0 aromatic carbocycles. The molecule has 1 radical (unpaired) electrons. The van der Waals surface area contributed by atoms with E-state index in [1.807, 2.05) is 0 Å². The van der Waals surface area contributed by atoms with Crippen LogP contribution in [0.15, 0.2) is 24.3 Å². The normalized spacial score (nSPS) is 15.9. The lowest BCUT2D eigenvalue weighted by Crippen LogP contribution is -2.16. The maximum atomic E-state index is 2.42. The third-order valence-corrected chi connectivity index (χ3v) is 6.24. The van der Waals surface area contributed by atoms with Gasteiger partial charge in [-0.1, -0.05) is 75.9 Å². The van der Waals surface area contributed by atoms with Crippen LogP contribution in [0.25, 0.3) is 0 Å². The Morgan fingerprint density at radius 2 is 1.43 bits per heavy atom. The number of rotatable bonds is 7. The molecule has 0 fully saturated rings. The van der Waals surface area contributed by atoms with Gasteiger partial charge in [0.15, 0.2) is 0 Å². The Morgan fingerprint density at radius 1 is 0.929 bits per heavy atom. The first kappa shape index (κ1) is 11.8. The number of hydrogen-bond donors (Lipinski definition) is 0. The molecule has 14 heavy (non-hydrogen) atoms. The van der Waals surface area contributed by atoms with Crippen LogP contribution in [0.3, 0.4) is 0 Å². The van der Waals surface area contributed by atoms with Crippen molar-refractivity contribution >= 4 is 8.80 Å². The molecule has 1 rings (SSSR count). The molecule has 1 aliphatic rings. The summed E-state index contributed by atoms with van der Waals surface area (Å²) in [6.45, 7) is 4.61. The quantitative estimate of drug-likeness (QED) is 0.536. The van der Waals surface area contributed by atoms with Crippen molar-refractivity contribution in [3.8, 4) is 0 Å². The van der Waals surface area contributed by atoms with Gasteiger partial charge in [0.05, 0.1) is 8.80 Å². The number of unbranched alkanes of at least 4 members (excludes halogenated alkanes) is 2. The zero-order valence-electron chi connectivity index (χ0n) is 9.63. The van der Waals surface area contributed by atoms with E-state index in [1.165, 1.54) is 37.8 Å². The van der Waals surface area contributed by atoms with E-state index >= 15 is 0 Å². The standard InChI is InChI=1S/C13H23Si/c1-3-5-11-14(12-6-4-2)13-9-7-8-10-13/h7-10,13H,3-6,11-12H2,1-2H3. The van der Waals surface area contributed by atoms with Crippen molar-refractivity contribution in [3.05, 3.63) is 24.3 Å². The molecule has 0 aliphatic heterocycles. The molecular formula is C13H23Si. The molecule has 0 saturated carbocycles. The predicted molar refractivity (Wildman–Crippen MR) is 67.2 cm³/mol. The Labute approximate surface area is 90.7 Å². The highest BCUT2D eigenvalue weighted by atomic mass is 28.3. The van der Waals surface area contributed by atoms with Crippen LogP contribution < -0.4 is 0 Å². The third-order valence-electron chi connectivity index (χ3n) is 2.92. The van der Waals surface area contributed by atoms with Gasteiger partial charge in [-0.15, -0.1) is 0 Å². The minimum atomic E-state index is -0.121. The summed E-state index contributed by atoms with van der Waals surface area (Å²) in [5.74, 6) is 0. The van der Waals surface area contributed by atoms with E-state index in [4.69, 9.17) is 0 Å². The van der Waals surface area contributed by atoms with Crippen LogP contribution in [0, 0.1) is 0 Å². The summed E-state index contributed by atoms with van der Waals surface area (Å²) in [4.78, 5) is 0. The average molecular weight is 207 g/mol. The summed E-state index contributed by atoms with van der Waals surface area (Å²) in [7, 11) is -0.121. The molecule has 0 aromatic heterocycles. The Bertz CT molecular complexity index is 173. The first-order valence-electron chi connectivity index (χ1n) is 6.08. The molecule has 0 bridgehead atoms. The van der Waals surface area contributed by atoms with Gasteiger partial charge in [0.2, 0.25) is 0 Å². The van der Waals surface area contributed by atoms with Gasteiger partial charge in [-0.25, -0.2) is 0 Å². The summed E-state index contributed by atoms with van der Waals surface area (Å²) in [5.41, 5.74) is 0.845. The highest BCUT2D eigenvalue weighted by Gasteiger charge is 2.19. The molecule has 79 valence electrons. The van der Waals surface area contributed by atoms with Crippen LogP contribution in [0.5, 0.6) is 0 Å². The predicted octanol–water partition coefficient (Wildman–Crippen LogP) is 4.58. The van der Waals surface area contributed by atoms with Gasteiger partial charge in [-0.05, 0) is 5.54 Å². The molecular weight excluding hydrogens is 184 g/mol. The second-order valence-corrected chi connectivity index (χ2v) is 7.14. The molecule has 0 saturated heterocycles. The molecule has 0 unspecified atom stereocenters. The van der Waals surface area contributed by atoms with Crippen LogP contribution >= 0.6 is 0 Å². The van der Waals surface area contributed by atoms with E-state index in [2.05, 4.69) is 38.2 Å². The van der Waals surface area contributed by atoms with Gasteiger partial charge in [0, 0.05) is 0 Å². The molecule has 1 aliphatic carbocycles.